The highest BCUT2D eigenvalue weighted by Gasteiger charge is 2.30. The average molecular weight is 138 g/mol. The van der Waals surface area contributed by atoms with E-state index in [4.69, 9.17) is 4.55 Å². The van der Waals surface area contributed by atoms with Gasteiger partial charge in [0.05, 0.1) is 5.25 Å². The molecular weight excluding hydrogens is 132 g/mol. The van der Waals surface area contributed by atoms with Crippen LogP contribution in [-0.2, 0) is 20.0 Å². The van der Waals surface area contributed by atoms with Gasteiger partial charge in [0.1, 0.15) is 8.77 Å². The van der Waals surface area contributed by atoms with Gasteiger partial charge in [0, 0.05) is 11.2 Å². The van der Waals surface area contributed by atoms with Crippen LogP contribution in [0, 0.1) is 0 Å². The van der Waals surface area contributed by atoms with E-state index in [0.29, 0.717) is 0 Å². The number of hydrogen-bond acceptors (Lipinski definition) is 2. The lowest BCUT2D eigenvalue weighted by molar-refractivity contribution is 0.560. The van der Waals surface area contributed by atoms with Crippen LogP contribution >= 0.6 is 0 Å². The van der Waals surface area contributed by atoms with Gasteiger partial charge in [-0.2, -0.15) is 0 Å². The Labute approximate surface area is 47.4 Å². The van der Waals surface area contributed by atoms with Crippen LogP contribution in [-0.4, -0.2) is 14.0 Å². The molecule has 42 valence electrons. The van der Waals surface area contributed by atoms with Crippen molar-refractivity contribution in [3.05, 3.63) is 0 Å². The molecule has 7 heavy (non-hydrogen) atoms. The monoisotopic (exact) mass is 138 g/mol. The minimum absolute atomic E-state index is 0.0532. The molecule has 0 saturated heterocycles. The summed E-state index contributed by atoms with van der Waals surface area (Å²) < 4.78 is 18.8. The van der Waals surface area contributed by atoms with Gasteiger partial charge in [-0.1, -0.05) is 0 Å². The Balaban J connectivity index is 2.71. The Morgan fingerprint density at radius 1 is 1.71 bits per heavy atom. The standard InChI is InChI=1S/C3H6O2S2/c4-7(5,6)3-1-2-3/h3H,1-2H2,(H,4,5,6). The first-order valence-corrected chi connectivity index (χ1v) is 4.57. The highest BCUT2D eigenvalue weighted by Crippen LogP contribution is 2.27. The first-order chi connectivity index (χ1) is 3.11. The molecule has 1 atom stereocenters. The van der Waals surface area contributed by atoms with Crippen LogP contribution in [0.3, 0.4) is 0 Å². The minimum Gasteiger partial charge on any atom is -0.305 e. The lowest BCUT2D eigenvalue weighted by Gasteiger charge is -1.87. The summed E-state index contributed by atoms with van der Waals surface area (Å²) in [6.07, 6.45) is 1.69. The van der Waals surface area contributed by atoms with E-state index in [1.165, 1.54) is 0 Å². The molecule has 1 unspecified atom stereocenters. The van der Waals surface area contributed by atoms with E-state index in [-0.39, 0.29) is 5.25 Å². The van der Waals surface area contributed by atoms with Crippen molar-refractivity contribution in [3.63, 3.8) is 0 Å². The van der Waals surface area contributed by atoms with Crippen LogP contribution in [0.1, 0.15) is 12.8 Å². The molecule has 0 aromatic heterocycles. The van der Waals surface area contributed by atoms with Gasteiger partial charge in [0.15, 0.2) is 0 Å². The third kappa shape index (κ3) is 1.36. The van der Waals surface area contributed by atoms with Crippen molar-refractivity contribution in [2.75, 3.05) is 0 Å². The molecular formula is C3H6O2S2. The van der Waals surface area contributed by atoms with Crippen LogP contribution in [0.25, 0.3) is 0 Å². The zero-order valence-electron chi connectivity index (χ0n) is 3.66. The van der Waals surface area contributed by atoms with E-state index in [1.54, 1.807) is 0 Å². The molecule has 0 radical (unpaired) electrons. The lowest BCUT2D eigenvalue weighted by Crippen LogP contribution is -2.00. The van der Waals surface area contributed by atoms with Crippen LogP contribution in [0.5, 0.6) is 0 Å². The van der Waals surface area contributed by atoms with E-state index < -0.39 is 8.77 Å². The molecule has 0 aliphatic heterocycles. The number of rotatable bonds is 1. The van der Waals surface area contributed by atoms with Gasteiger partial charge in [-0.25, -0.2) is 4.21 Å². The van der Waals surface area contributed by atoms with Gasteiger partial charge in [-0.15, -0.1) is 0 Å². The zero-order chi connectivity index (χ0) is 5.49. The molecule has 2 nitrogen and oxygen atoms in total. The van der Waals surface area contributed by atoms with Gasteiger partial charge < -0.3 is 4.55 Å². The maximum absolute atomic E-state index is 10.3. The lowest BCUT2D eigenvalue weighted by atomic mass is 11.0. The molecule has 1 N–H and O–H groups in total. The summed E-state index contributed by atoms with van der Waals surface area (Å²) >= 11 is 4.25. The van der Waals surface area contributed by atoms with Crippen molar-refractivity contribution < 1.29 is 8.76 Å². The number of hydrogen-bond donors (Lipinski definition) is 1. The topological polar surface area (TPSA) is 37.3 Å². The summed E-state index contributed by atoms with van der Waals surface area (Å²) in [5, 5.41) is -0.0532. The molecule has 1 rings (SSSR count). The molecule has 0 heterocycles. The Morgan fingerprint density at radius 2 is 2.14 bits per heavy atom. The third-order valence-corrected chi connectivity index (χ3v) is 3.08. The second-order valence-electron chi connectivity index (χ2n) is 1.71. The fourth-order valence-corrected chi connectivity index (χ4v) is 1.68. The molecule has 0 amide bonds. The van der Waals surface area contributed by atoms with Crippen LogP contribution in [0.4, 0.5) is 0 Å². The van der Waals surface area contributed by atoms with Crippen molar-refractivity contribution in [2.24, 2.45) is 0 Å². The summed E-state index contributed by atoms with van der Waals surface area (Å²) in [6, 6.07) is 0. The van der Waals surface area contributed by atoms with Gasteiger partial charge in [-0.3, -0.25) is 0 Å². The van der Waals surface area contributed by atoms with Crippen molar-refractivity contribution in [2.45, 2.75) is 18.1 Å². The van der Waals surface area contributed by atoms with Gasteiger partial charge in [0.2, 0.25) is 0 Å². The molecule has 4 heteroatoms. The smallest absolute Gasteiger partial charge is 0.144 e. The van der Waals surface area contributed by atoms with E-state index in [2.05, 4.69) is 11.2 Å². The fraction of sp³-hybridized carbons (Fsp3) is 1.00. The third-order valence-electron chi connectivity index (χ3n) is 0.946. The summed E-state index contributed by atoms with van der Waals surface area (Å²) in [6.45, 7) is 0. The molecule has 0 aromatic rings. The second kappa shape index (κ2) is 1.40. The summed E-state index contributed by atoms with van der Waals surface area (Å²) in [7, 11) is -2.80. The normalized spacial score (nSPS) is 29.3. The van der Waals surface area contributed by atoms with Crippen molar-refractivity contribution in [1.29, 1.82) is 0 Å². The average Bonchev–Trinajstić information content (AvgIpc) is 1.99. The molecule has 0 spiro atoms. The Hall–Kier alpha value is 0.330. The molecule has 1 aliphatic rings. The minimum atomic E-state index is -2.80. The maximum atomic E-state index is 10.3. The van der Waals surface area contributed by atoms with Crippen molar-refractivity contribution in [3.8, 4) is 0 Å². The van der Waals surface area contributed by atoms with E-state index in [9.17, 15) is 4.21 Å². The van der Waals surface area contributed by atoms with Crippen LogP contribution < -0.4 is 0 Å². The Kier molecular flexibility index (Phi) is 1.09. The van der Waals surface area contributed by atoms with E-state index in [1.807, 2.05) is 0 Å². The largest absolute Gasteiger partial charge is 0.305 e. The Bertz CT molecular complexity index is 154. The van der Waals surface area contributed by atoms with E-state index in [0.717, 1.165) is 12.8 Å². The highest BCUT2D eigenvalue weighted by atomic mass is 32.8. The zero-order valence-corrected chi connectivity index (χ0v) is 5.30. The molecule has 0 bridgehead atoms. The first kappa shape index (κ1) is 5.47. The van der Waals surface area contributed by atoms with Gasteiger partial charge in [-0.05, 0) is 12.8 Å². The van der Waals surface area contributed by atoms with Gasteiger partial charge >= 0.3 is 0 Å². The van der Waals surface area contributed by atoms with Gasteiger partial charge in [0.25, 0.3) is 0 Å². The molecule has 0 aromatic carbocycles. The van der Waals surface area contributed by atoms with Crippen molar-refractivity contribution >= 4 is 20.0 Å². The quantitative estimate of drug-likeness (QED) is 0.568. The first-order valence-electron chi connectivity index (χ1n) is 2.07. The summed E-state index contributed by atoms with van der Waals surface area (Å²) in [5.41, 5.74) is 0. The maximum Gasteiger partial charge on any atom is 0.144 e. The van der Waals surface area contributed by atoms with Crippen LogP contribution in [0.15, 0.2) is 0 Å². The predicted molar refractivity (Wildman–Crippen MR) is 31.2 cm³/mol. The molecule has 1 saturated carbocycles. The molecule has 1 aliphatic carbocycles. The predicted octanol–water partition coefficient (Wildman–Crippen LogP) is 0.368. The van der Waals surface area contributed by atoms with Crippen molar-refractivity contribution in [1.82, 2.24) is 0 Å². The summed E-state index contributed by atoms with van der Waals surface area (Å²) in [4.78, 5) is 0. The molecule has 1 fully saturated rings. The highest BCUT2D eigenvalue weighted by molar-refractivity contribution is 8.30. The second-order valence-corrected chi connectivity index (χ2v) is 4.84. The SMILES string of the molecule is O=S(O)(=S)C1CC1. The summed E-state index contributed by atoms with van der Waals surface area (Å²) in [5.74, 6) is 0. The van der Waals surface area contributed by atoms with E-state index >= 15 is 0 Å². The fourth-order valence-electron chi connectivity index (χ4n) is 0.366. The van der Waals surface area contributed by atoms with Crippen LogP contribution in [0.2, 0.25) is 0 Å². The Morgan fingerprint density at radius 3 is 2.14 bits per heavy atom.